The van der Waals surface area contributed by atoms with Crippen molar-refractivity contribution in [3.05, 3.63) is 38.8 Å². The number of aromatic carboxylic acids is 1. The molecule has 0 spiro atoms. The van der Waals surface area contributed by atoms with Crippen LogP contribution in [0.2, 0.25) is 0 Å². The zero-order chi connectivity index (χ0) is 14.0. The molecule has 98 valence electrons. The van der Waals surface area contributed by atoms with Crippen molar-refractivity contribution in [2.45, 2.75) is 6.92 Å². The average molecular weight is 342 g/mol. The van der Waals surface area contributed by atoms with Gasteiger partial charge in [-0.15, -0.1) is 5.10 Å². The largest absolute Gasteiger partial charge is 0.478 e. The number of carbonyl (C=O) groups is 2. The number of carbonyl (C=O) groups excluding carboxylic acids is 1. The maximum Gasteiger partial charge on any atom is 0.335 e. The first-order valence-corrected chi connectivity index (χ1v) is 6.69. The predicted octanol–water partition coefficient (Wildman–Crippen LogP) is 2.56. The molecule has 2 N–H and O–H groups in total. The number of aryl methyl sites for hydroxylation is 1. The zero-order valence-electron chi connectivity index (χ0n) is 9.68. The Labute approximate surface area is 120 Å². The first kappa shape index (κ1) is 13.6. The highest BCUT2D eigenvalue weighted by molar-refractivity contribution is 9.10. The lowest BCUT2D eigenvalue weighted by atomic mass is 10.2. The Bertz CT molecular complexity index is 656. The number of amides is 1. The Hall–Kier alpha value is -1.80. The van der Waals surface area contributed by atoms with E-state index in [1.165, 1.54) is 18.2 Å². The zero-order valence-corrected chi connectivity index (χ0v) is 12.1. The Kier molecular flexibility index (Phi) is 3.91. The number of carboxylic acids is 1. The molecular weight excluding hydrogens is 334 g/mol. The van der Waals surface area contributed by atoms with Crippen molar-refractivity contribution in [3.63, 3.8) is 0 Å². The molecule has 0 radical (unpaired) electrons. The van der Waals surface area contributed by atoms with E-state index in [1.54, 1.807) is 6.92 Å². The Morgan fingerprint density at radius 1 is 1.42 bits per heavy atom. The average Bonchev–Trinajstić information content (AvgIpc) is 2.77. The summed E-state index contributed by atoms with van der Waals surface area (Å²) in [5.41, 5.74) is 1.18. The third-order valence-corrected chi connectivity index (χ3v) is 3.80. The summed E-state index contributed by atoms with van der Waals surface area (Å²) in [4.78, 5) is 23.2. The van der Waals surface area contributed by atoms with Crippen molar-refractivity contribution in [1.82, 2.24) is 9.59 Å². The lowest BCUT2D eigenvalue weighted by molar-refractivity contribution is 0.0696. The van der Waals surface area contributed by atoms with Gasteiger partial charge in [-0.25, -0.2) is 4.79 Å². The minimum atomic E-state index is -1.03. The molecule has 2 rings (SSSR count). The van der Waals surface area contributed by atoms with Gasteiger partial charge in [0.25, 0.3) is 5.91 Å². The van der Waals surface area contributed by atoms with Crippen LogP contribution in [-0.2, 0) is 0 Å². The summed E-state index contributed by atoms with van der Waals surface area (Å²) >= 11 is 4.23. The van der Waals surface area contributed by atoms with Crippen LogP contribution in [-0.4, -0.2) is 26.6 Å². The molecule has 0 aliphatic heterocycles. The maximum atomic E-state index is 11.9. The molecule has 1 heterocycles. The summed E-state index contributed by atoms with van der Waals surface area (Å²) < 4.78 is 4.18. The van der Waals surface area contributed by atoms with Crippen LogP contribution in [0.5, 0.6) is 0 Å². The number of aromatic nitrogens is 2. The Balaban J connectivity index is 2.23. The van der Waals surface area contributed by atoms with Crippen molar-refractivity contribution in [2.24, 2.45) is 0 Å². The third-order valence-electron chi connectivity index (χ3n) is 2.32. The normalized spacial score (nSPS) is 10.2. The van der Waals surface area contributed by atoms with Crippen molar-refractivity contribution >= 4 is 45.0 Å². The highest BCUT2D eigenvalue weighted by Gasteiger charge is 2.15. The van der Waals surface area contributed by atoms with Crippen LogP contribution in [0.25, 0.3) is 0 Å². The molecular formula is C11H8BrN3O3S. The minimum Gasteiger partial charge on any atom is -0.478 e. The fourth-order valence-electron chi connectivity index (χ4n) is 1.37. The number of halogens is 1. The van der Waals surface area contributed by atoms with Crippen LogP contribution in [0.15, 0.2) is 22.7 Å². The summed E-state index contributed by atoms with van der Waals surface area (Å²) in [6, 6.07) is 4.37. The maximum absolute atomic E-state index is 11.9. The van der Waals surface area contributed by atoms with Gasteiger partial charge in [0, 0.05) is 4.47 Å². The predicted molar refractivity (Wildman–Crippen MR) is 73.7 cm³/mol. The van der Waals surface area contributed by atoms with Crippen LogP contribution in [0.4, 0.5) is 5.69 Å². The Morgan fingerprint density at radius 3 is 2.68 bits per heavy atom. The van der Waals surface area contributed by atoms with Gasteiger partial charge in [-0.2, -0.15) is 0 Å². The van der Waals surface area contributed by atoms with Gasteiger partial charge < -0.3 is 10.4 Å². The summed E-state index contributed by atoms with van der Waals surface area (Å²) in [5, 5.41) is 15.3. The van der Waals surface area contributed by atoms with Crippen molar-refractivity contribution in [1.29, 1.82) is 0 Å². The SMILES string of the molecule is Cc1nnsc1C(=O)Nc1ccc(C(=O)O)cc1Br. The van der Waals surface area contributed by atoms with Gasteiger partial charge in [-0.3, -0.25) is 4.79 Å². The smallest absolute Gasteiger partial charge is 0.335 e. The number of benzene rings is 1. The number of hydrogen-bond acceptors (Lipinski definition) is 5. The van der Waals surface area contributed by atoms with Crippen LogP contribution in [0.1, 0.15) is 25.7 Å². The Morgan fingerprint density at radius 2 is 2.16 bits per heavy atom. The van der Waals surface area contributed by atoms with E-state index in [4.69, 9.17) is 5.11 Å². The highest BCUT2D eigenvalue weighted by atomic mass is 79.9. The first-order valence-electron chi connectivity index (χ1n) is 5.12. The number of nitrogens with zero attached hydrogens (tertiary/aromatic N) is 2. The number of nitrogens with one attached hydrogen (secondary N) is 1. The third kappa shape index (κ3) is 2.96. The van der Waals surface area contributed by atoms with Gasteiger partial charge in [0.15, 0.2) is 0 Å². The van der Waals surface area contributed by atoms with Gasteiger partial charge >= 0.3 is 5.97 Å². The second-order valence-electron chi connectivity index (χ2n) is 3.64. The molecule has 1 aromatic carbocycles. The fraction of sp³-hybridized carbons (Fsp3) is 0.0909. The van der Waals surface area contributed by atoms with Gasteiger partial charge in [-0.1, -0.05) is 4.49 Å². The van der Waals surface area contributed by atoms with E-state index in [1.807, 2.05) is 0 Å². The van der Waals surface area contributed by atoms with E-state index < -0.39 is 5.97 Å². The molecule has 19 heavy (non-hydrogen) atoms. The molecule has 0 atom stereocenters. The van der Waals surface area contributed by atoms with Gasteiger partial charge in [0.2, 0.25) is 0 Å². The van der Waals surface area contributed by atoms with Crippen molar-refractivity contribution < 1.29 is 14.7 Å². The standard InChI is InChI=1S/C11H8BrN3O3S/c1-5-9(19-15-14-5)10(16)13-8-3-2-6(11(17)18)4-7(8)12/h2-4H,1H3,(H,13,16)(H,17,18). The second kappa shape index (κ2) is 5.45. The van der Waals surface area contributed by atoms with Crippen molar-refractivity contribution in [3.8, 4) is 0 Å². The lowest BCUT2D eigenvalue weighted by Crippen LogP contribution is -2.12. The molecule has 0 aliphatic rings. The molecule has 2 aromatic rings. The van der Waals surface area contributed by atoms with E-state index >= 15 is 0 Å². The minimum absolute atomic E-state index is 0.139. The van der Waals surface area contributed by atoms with E-state index in [0.717, 1.165) is 11.5 Å². The summed E-state index contributed by atoms with van der Waals surface area (Å²) in [7, 11) is 0. The van der Waals surface area contributed by atoms with Crippen LogP contribution >= 0.6 is 27.5 Å². The quantitative estimate of drug-likeness (QED) is 0.894. The topological polar surface area (TPSA) is 92.2 Å². The molecule has 0 bridgehead atoms. The molecule has 1 amide bonds. The molecule has 0 saturated heterocycles. The molecule has 0 unspecified atom stereocenters. The molecule has 1 aromatic heterocycles. The van der Waals surface area contributed by atoms with E-state index in [0.29, 0.717) is 20.7 Å². The first-order chi connectivity index (χ1) is 8.99. The monoisotopic (exact) mass is 341 g/mol. The number of rotatable bonds is 3. The van der Waals surface area contributed by atoms with Gasteiger partial charge in [-0.05, 0) is 52.6 Å². The van der Waals surface area contributed by atoms with Gasteiger partial charge in [0.05, 0.1) is 16.9 Å². The number of hydrogen-bond donors (Lipinski definition) is 2. The molecule has 0 saturated carbocycles. The fourth-order valence-corrected chi connectivity index (χ4v) is 2.40. The highest BCUT2D eigenvalue weighted by Crippen LogP contribution is 2.25. The molecule has 6 nitrogen and oxygen atoms in total. The van der Waals surface area contributed by atoms with Gasteiger partial charge in [0.1, 0.15) is 4.88 Å². The second-order valence-corrected chi connectivity index (χ2v) is 5.25. The van der Waals surface area contributed by atoms with E-state index in [9.17, 15) is 9.59 Å². The molecule has 0 aliphatic carbocycles. The van der Waals surface area contributed by atoms with Crippen LogP contribution in [0, 0.1) is 6.92 Å². The van der Waals surface area contributed by atoms with E-state index in [-0.39, 0.29) is 11.5 Å². The summed E-state index contributed by atoms with van der Waals surface area (Å²) in [5.74, 6) is -1.35. The van der Waals surface area contributed by atoms with Crippen LogP contribution in [0.3, 0.4) is 0 Å². The molecule has 8 heteroatoms. The summed E-state index contributed by atoms with van der Waals surface area (Å²) in [6.07, 6.45) is 0. The lowest BCUT2D eigenvalue weighted by Gasteiger charge is -2.07. The molecule has 0 fully saturated rings. The number of anilines is 1. The summed E-state index contributed by atoms with van der Waals surface area (Å²) in [6.45, 7) is 1.70. The number of carboxylic acid groups (broad SMARTS) is 1. The van der Waals surface area contributed by atoms with E-state index in [2.05, 4.69) is 30.8 Å². The van der Waals surface area contributed by atoms with Crippen LogP contribution < -0.4 is 5.32 Å². The van der Waals surface area contributed by atoms with Crippen molar-refractivity contribution in [2.75, 3.05) is 5.32 Å².